The molecule has 1 aliphatic carbocycles. The van der Waals surface area contributed by atoms with Crippen LogP contribution in [0.2, 0.25) is 0 Å². The molecule has 1 rings (SSSR count). The van der Waals surface area contributed by atoms with E-state index in [0.29, 0.717) is 6.42 Å². The minimum Gasteiger partial charge on any atom is -0.481 e. The molecule has 0 saturated heterocycles. The van der Waals surface area contributed by atoms with Crippen LogP contribution in [0.1, 0.15) is 32.1 Å². The smallest absolute Gasteiger partial charge is 0.303 e. The van der Waals surface area contributed by atoms with Gasteiger partial charge in [0.05, 0.1) is 6.61 Å². The maximum absolute atomic E-state index is 10.2. The molecular weight excluding hydrogens is 170 g/mol. The van der Waals surface area contributed by atoms with Gasteiger partial charge in [-0.3, -0.25) is 4.79 Å². The molecule has 13 heavy (non-hydrogen) atoms. The third-order valence-corrected chi connectivity index (χ3v) is 2.47. The highest BCUT2D eigenvalue weighted by molar-refractivity contribution is 5.66. The topological polar surface area (TPSA) is 69.6 Å². The lowest BCUT2D eigenvalue weighted by Gasteiger charge is -2.13. The Labute approximate surface area is 78.0 Å². The van der Waals surface area contributed by atoms with Gasteiger partial charge in [0, 0.05) is 12.0 Å². The molecule has 0 atom stereocenters. The lowest BCUT2D eigenvalue weighted by molar-refractivity contribution is -0.137. The summed E-state index contributed by atoms with van der Waals surface area (Å²) in [6.07, 6.45) is 3.91. The van der Waals surface area contributed by atoms with Crippen LogP contribution in [0.4, 0.5) is 0 Å². The molecule has 1 saturated carbocycles. The standard InChI is InChI=1S/C9H17NO3/c11-7-9(4-5-9)10-6-2-1-3-8(12)13/h10-11H,1-7H2,(H,12,13). The summed E-state index contributed by atoms with van der Waals surface area (Å²) in [5.74, 6) is -0.733. The molecule has 76 valence electrons. The fraction of sp³-hybridized carbons (Fsp3) is 0.889. The first-order valence-electron chi connectivity index (χ1n) is 4.76. The number of carboxylic acid groups (broad SMARTS) is 1. The summed E-state index contributed by atoms with van der Waals surface area (Å²) in [5, 5.41) is 20.6. The average molecular weight is 187 g/mol. The van der Waals surface area contributed by atoms with Crippen molar-refractivity contribution < 1.29 is 15.0 Å². The minimum atomic E-state index is -0.733. The van der Waals surface area contributed by atoms with E-state index in [9.17, 15) is 4.79 Å². The van der Waals surface area contributed by atoms with Gasteiger partial charge in [0.1, 0.15) is 0 Å². The molecular formula is C9H17NO3. The first-order valence-corrected chi connectivity index (χ1v) is 4.76. The number of unbranched alkanes of at least 4 members (excludes halogenated alkanes) is 1. The highest BCUT2D eigenvalue weighted by atomic mass is 16.4. The quantitative estimate of drug-likeness (QED) is 0.503. The van der Waals surface area contributed by atoms with Crippen LogP contribution in [0.5, 0.6) is 0 Å². The summed E-state index contributed by atoms with van der Waals surface area (Å²) in [6.45, 7) is 1.01. The zero-order valence-electron chi connectivity index (χ0n) is 7.75. The first-order chi connectivity index (χ1) is 6.18. The maximum atomic E-state index is 10.2. The Hall–Kier alpha value is -0.610. The van der Waals surface area contributed by atoms with E-state index in [1.807, 2.05) is 0 Å². The van der Waals surface area contributed by atoms with E-state index in [-0.39, 0.29) is 18.6 Å². The third-order valence-electron chi connectivity index (χ3n) is 2.47. The number of carbonyl (C=O) groups is 1. The predicted molar refractivity (Wildman–Crippen MR) is 48.5 cm³/mol. The molecule has 4 nitrogen and oxygen atoms in total. The molecule has 0 bridgehead atoms. The van der Waals surface area contributed by atoms with Gasteiger partial charge in [0.15, 0.2) is 0 Å². The summed E-state index contributed by atoms with van der Waals surface area (Å²) < 4.78 is 0. The largest absolute Gasteiger partial charge is 0.481 e. The molecule has 0 spiro atoms. The molecule has 0 aromatic carbocycles. The number of hydrogen-bond acceptors (Lipinski definition) is 3. The van der Waals surface area contributed by atoms with Gasteiger partial charge in [-0.05, 0) is 32.2 Å². The number of nitrogens with one attached hydrogen (secondary N) is 1. The Morgan fingerprint density at radius 3 is 2.54 bits per heavy atom. The fourth-order valence-electron chi connectivity index (χ4n) is 1.30. The van der Waals surface area contributed by atoms with Gasteiger partial charge < -0.3 is 15.5 Å². The van der Waals surface area contributed by atoms with Gasteiger partial charge >= 0.3 is 5.97 Å². The van der Waals surface area contributed by atoms with Crippen LogP contribution in [-0.4, -0.2) is 34.9 Å². The Balaban J connectivity index is 1.92. The summed E-state index contributed by atoms with van der Waals surface area (Å²) in [4.78, 5) is 10.2. The van der Waals surface area contributed by atoms with Crippen molar-refractivity contribution in [2.24, 2.45) is 0 Å². The maximum Gasteiger partial charge on any atom is 0.303 e. The van der Waals surface area contributed by atoms with Crippen LogP contribution < -0.4 is 5.32 Å². The highest BCUT2D eigenvalue weighted by Gasteiger charge is 2.40. The molecule has 0 radical (unpaired) electrons. The van der Waals surface area contributed by atoms with Gasteiger partial charge in [-0.1, -0.05) is 0 Å². The van der Waals surface area contributed by atoms with Crippen LogP contribution >= 0.6 is 0 Å². The summed E-state index contributed by atoms with van der Waals surface area (Å²) in [7, 11) is 0. The lowest BCUT2D eigenvalue weighted by atomic mass is 10.2. The number of aliphatic carboxylic acids is 1. The van der Waals surface area contributed by atoms with E-state index in [0.717, 1.165) is 25.8 Å². The van der Waals surface area contributed by atoms with Crippen molar-refractivity contribution in [1.29, 1.82) is 0 Å². The van der Waals surface area contributed by atoms with E-state index < -0.39 is 5.97 Å². The van der Waals surface area contributed by atoms with Crippen molar-refractivity contribution in [2.75, 3.05) is 13.2 Å². The second kappa shape index (κ2) is 4.58. The molecule has 0 aliphatic heterocycles. The lowest BCUT2D eigenvalue weighted by Crippen LogP contribution is -2.35. The van der Waals surface area contributed by atoms with E-state index >= 15 is 0 Å². The predicted octanol–water partition coefficient (Wildman–Crippen LogP) is 0.356. The van der Waals surface area contributed by atoms with Crippen LogP contribution in [0.25, 0.3) is 0 Å². The zero-order valence-corrected chi connectivity index (χ0v) is 7.75. The molecule has 0 aromatic heterocycles. The van der Waals surface area contributed by atoms with Gasteiger partial charge in [0.25, 0.3) is 0 Å². The van der Waals surface area contributed by atoms with Crippen LogP contribution in [-0.2, 0) is 4.79 Å². The number of aliphatic hydroxyl groups excluding tert-OH is 1. The van der Waals surface area contributed by atoms with Gasteiger partial charge in [-0.15, -0.1) is 0 Å². The molecule has 0 heterocycles. The van der Waals surface area contributed by atoms with Crippen molar-refractivity contribution in [1.82, 2.24) is 5.32 Å². The number of hydrogen-bond donors (Lipinski definition) is 3. The Morgan fingerprint density at radius 1 is 1.38 bits per heavy atom. The average Bonchev–Trinajstić information content (AvgIpc) is 2.84. The highest BCUT2D eigenvalue weighted by Crippen LogP contribution is 2.34. The molecule has 0 aromatic rings. The molecule has 1 fully saturated rings. The van der Waals surface area contributed by atoms with Crippen LogP contribution in [0.15, 0.2) is 0 Å². The van der Waals surface area contributed by atoms with Gasteiger partial charge in [-0.2, -0.15) is 0 Å². The second-order valence-electron chi connectivity index (χ2n) is 3.72. The van der Waals surface area contributed by atoms with E-state index in [1.165, 1.54) is 0 Å². The van der Waals surface area contributed by atoms with Crippen molar-refractivity contribution >= 4 is 5.97 Å². The van der Waals surface area contributed by atoms with Crippen LogP contribution in [0, 0.1) is 0 Å². The SMILES string of the molecule is O=C(O)CCCCNC1(CO)CC1. The fourth-order valence-corrected chi connectivity index (χ4v) is 1.30. The van der Waals surface area contributed by atoms with Crippen molar-refractivity contribution in [3.05, 3.63) is 0 Å². The van der Waals surface area contributed by atoms with E-state index in [4.69, 9.17) is 10.2 Å². The third kappa shape index (κ3) is 3.74. The summed E-state index contributed by atoms with van der Waals surface area (Å²) in [5.41, 5.74) is -0.0107. The second-order valence-corrected chi connectivity index (χ2v) is 3.72. The molecule has 0 amide bonds. The summed E-state index contributed by atoms with van der Waals surface area (Å²) in [6, 6.07) is 0. The van der Waals surface area contributed by atoms with Crippen molar-refractivity contribution in [3.63, 3.8) is 0 Å². The normalized spacial score (nSPS) is 18.5. The molecule has 1 aliphatic rings. The number of carboxylic acids is 1. The van der Waals surface area contributed by atoms with Crippen LogP contribution in [0.3, 0.4) is 0 Å². The molecule has 3 N–H and O–H groups in total. The molecule has 0 unspecified atom stereocenters. The molecule has 4 heteroatoms. The Morgan fingerprint density at radius 2 is 2.08 bits per heavy atom. The van der Waals surface area contributed by atoms with Crippen molar-refractivity contribution in [2.45, 2.75) is 37.6 Å². The summed E-state index contributed by atoms with van der Waals surface area (Å²) >= 11 is 0. The van der Waals surface area contributed by atoms with Crippen molar-refractivity contribution in [3.8, 4) is 0 Å². The first kappa shape index (κ1) is 10.5. The zero-order chi connectivity index (χ0) is 9.73. The number of aliphatic hydroxyl groups is 1. The minimum absolute atomic E-state index is 0.0107. The monoisotopic (exact) mass is 187 g/mol. The Bertz CT molecular complexity index is 178. The Kier molecular flexibility index (Phi) is 3.69. The van der Waals surface area contributed by atoms with E-state index in [2.05, 4.69) is 5.32 Å². The van der Waals surface area contributed by atoms with Gasteiger partial charge in [0.2, 0.25) is 0 Å². The van der Waals surface area contributed by atoms with Gasteiger partial charge in [-0.25, -0.2) is 0 Å². The number of rotatable bonds is 7. The van der Waals surface area contributed by atoms with E-state index in [1.54, 1.807) is 0 Å².